The van der Waals surface area contributed by atoms with Gasteiger partial charge in [0.1, 0.15) is 0 Å². The van der Waals surface area contributed by atoms with Gasteiger partial charge in [-0.05, 0) is 50.6 Å². The number of piperidine rings is 1. The van der Waals surface area contributed by atoms with Crippen LogP contribution < -0.4 is 0 Å². The zero-order chi connectivity index (χ0) is 15.4. The van der Waals surface area contributed by atoms with Gasteiger partial charge in [-0.2, -0.15) is 0 Å². The lowest BCUT2D eigenvalue weighted by Gasteiger charge is -2.42. The largest absolute Gasteiger partial charge is 0.383 e. The van der Waals surface area contributed by atoms with E-state index in [-0.39, 0.29) is 0 Å². The fourth-order valence-corrected chi connectivity index (χ4v) is 5.08. The Bertz CT molecular complexity index is 336. The molecule has 2 saturated heterocycles. The van der Waals surface area contributed by atoms with Gasteiger partial charge in [-0.15, -0.1) is 0 Å². The standard InChI is InChI=1S/C18H34N2O2/c1-21-12-11-20-15-18(13-17(20)14-22-2)7-9-19(10-8-18)16-5-3-4-6-16/h16-17H,3-15H2,1-2H3/t17-/m1/s1. The zero-order valence-corrected chi connectivity index (χ0v) is 14.6. The molecule has 3 aliphatic rings. The van der Waals surface area contributed by atoms with Crippen LogP contribution in [0, 0.1) is 5.41 Å². The van der Waals surface area contributed by atoms with Crippen molar-refractivity contribution in [3.05, 3.63) is 0 Å². The third kappa shape index (κ3) is 3.66. The quantitative estimate of drug-likeness (QED) is 0.752. The van der Waals surface area contributed by atoms with E-state index >= 15 is 0 Å². The van der Waals surface area contributed by atoms with E-state index in [1.54, 1.807) is 7.11 Å². The number of ether oxygens (including phenoxy) is 2. The molecule has 1 spiro atoms. The molecule has 4 heteroatoms. The van der Waals surface area contributed by atoms with Crippen molar-refractivity contribution in [3.8, 4) is 0 Å². The van der Waals surface area contributed by atoms with E-state index < -0.39 is 0 Å². The third-order valence-electron chi connectivity index (χ3n) is 6.37. The molecule has 4 nitrogen and oxygen atoms in total. The highest BCUT2D eigenvalue weighted by molar-refractivity contribution is 4.99. The predicted molar refractivity (Wildman–Crippen MR) is 89.2 cm³/mol. The minimum absolute atomic E-state index is 0.548. The van der Waals surface area contributed by atoms with Gasteiger partial charge < -0.3 is 14.4 Å². The van der Waals surface area contributed by atoms with Gasteiger partial charge in [0.05, 0.1) is 13.2 Å². The summed E-state index contributed by atoms with van der Waals surface area (Å²) in [5.74, 6) is 0. The van der Waals surface area contributed by atoms with Gasteiger partial charge in [0.25, 0.3) is 0 Å². The first-order valence-electron chi connectivity index (χ1n) is 9.22. The Morgan fingerprint density at radius 2 is 1.77 bits per heavy atom. The van der Waals surface area contributed by atoms with Crippen LogP contribution in [0.25, 0.3) is 0 Å². The second kappa shape index (κ2) is 7.61. The molecule has 2 aliphatic heterocycles. The molecule has 1 atom stereocenters. The first kappa shape index (κ1) is 16.7. The van der Waals surface area contributed by atoms with Gasteiger partial charge in [-0.3, -0.25) is 4.90 Å². The van der Waals surface area contributed by atoms with Crippen molar-refractivity contribution in [3.63, 3.8) is 0 Å². The Morgan fingerprint density at radius 3 is 2.41 bits per heavy atom. The normalized spacial score (nSPS) is 30.5. The van der Waals surface area contributed by atoms with Crippen LogP contribution in [0.5, 0.6) is 0 Å². The molecule has 3 rings (SSSR count). The van der Waals surface area contributed by atoms with Crippen molar-refractivity contribution in [2.45, 2.75) is 57.0 Å². The molecule has 0 unspecified atom stereocenters. The van der Waals surface area contributed by atoms with Gasteiger partial charge in [0.15, 0.2) is 0 Å². The average molecular weight is 310 g/mol. The SMILES string of the molecule is COCCN1CC2(CCN(C3CCCC3)CC2)C[C@@H]1COC. The number of hydrogen-bond donors (Lipinski definition) is 0. The van der Waals surface area contributed by atoms with E-state index in [0.29, 0.717) is 11.5 Å². The Kier molecular flexibility index (Phi) is 5.77. The lowest BCUT2D eigenvalue weighted by Crippen LogP contribution is -2.45. The van der Waals surface area contributed by atoms with Gasteiger partial charge >= 0.3 is 0 Å². The van der Waals surface area contributed by atoms with Crippen molar-refractivity contribution in [1.82, 2.24) is 9.80 Å². The second-order valence-electron chi connectivity index (χ2n) is 7.75. The van der Waals surface area contributed by atoms with Crippen molar-refractivity contribution in [1.29, 1.82) is 0 Å². The van der Waals surface area contributed by atoms with Gasteiger partial charge in [0.2, 0.25) is 0 Å². The highest BCUT2D eigenvalue weighted by Gasteiger charge is 2.45. The van der Waals surface area contributed by atoms with Crippen LogP contribution >= 0.6 is 0 Å². The van der Waals surface area contributed by atoms with Crippen LogP contribution in [0.3, 0.4) is 0 Å². The van der Waals surface area contributed by atoms with E-state index in [9.17, 15) is 0 Å². The van der Waals surface area contributed by atoms with Crippen molar-refractivity contribution in [2.24, 2.45) is 5.41 Å². The average Bonchev–Trinajstić information content (AvgIpc) is 3.16. The van der Waals surface area contributed by atoms with Crippen LogP contribution in [0.2, 0.25) is 0 Å². The van der Waals surface area contributed by atoms with E-state index in [4.69, 9.17) is 9.47 Å². The van der Waals surface area contributed by atoms with Crippen LogP contribution in [-0.4, -0.2) is 75.5 Å². The predicted octanol–water partition coefficient (Wildman–Crippen LogP) is 2.38. The first-order valence-corrected chi connectivity index (χ1v) is 9.22. The monoisotopic (exact) mass is 310 g/mol. The second-order valence-corrected chi connectivity index (χ2v) is 7.75. The third-order valence-corrected chi connectivity index (χ3v) is 6.37. The van der Waals surface area contributed by atoms with Gasteiger partial charge in [-0.1, -0.05) is 12.8 Å². The Morgan fingerprint density at radius 1 is 1.05 bits per heavy atom. The molecule has 3 fully saturated rings. The molecule has 2 heterocycles. The minimum Gasteiger partial charge on any atom is -0.383 e. The number of methoxy groups -OCH3 is 2. The summed E-state index contributed by atoms with van der Waals surface area (Å²) < 4.78 is 10.8. The maximum atomic E-state index is 5.48. The summed E-state index contributed by atoms with van der Waals surface area (Å²) in [5.41, 5.74) is 0.548. The summed E-state index contributed by atoms with van der Waals surface area (Å²) in [6, 6.07) is 1.50. The fraction of sp³-hybridized carbons (Fsp3) is 1.00. The molecule has 0 aromatic rings. The molecule has 1 saturated carbocycles. The highest BCUT2D eigenvalue weighted by atomic mass is 16.5. The molecule has 128 valence electrons. The number of hydrogen-bond acceptors (Lipinski definition) is 4. The van der Waals surface area contributed by atoms with Crippen molar-refractivity contribution >= 4 is 0 Å². The van der Waals surface area contributed by atoms with Crippen LogP contribution in [0.4, 0.5) is 0 Å². The molecule has 1 aliphatic carbocycles. The number of rotatable bonds is 6. The first-order chi connectivity index (χ1) is 10.8. The Labute approximate surface area is 136 Å². The fourth-order valence-electron chi connectivity index (χ4n) is 5.08. The summed E-state index contributed by atoms with van der Waals surface area (Å²) in [6.07, 6.45) is 9.88. The number of nitrogens with zero attached hydrogens (tertiary/aromatic N) is 2. The molecule has 0 aromatic carbocycles. The van der Waals surface area contributed by atoms with Gasteiger partial charge in [-0.25, -0.2) is 0 Å². The maximum absolute atomic E-state index is 5.48. The molecule has 22 heavy (non-hydrogen) atoms. The summed E-state index contributed by atoms with van der Waals surface area (Å²) in [6.45, 7) is 6.66. The lowest BCUT2D eigenvalue weighted by atomic mass is 9.76. The van der Waals surface area contributed by atoms with E-state index in [1.807, 2.05) is 7.11 Å². The molecule has 0 radical (unpaired) electrons. The highest BCUT2D eigenvalue weighted by Crippen LogP contribution is 2.44. The Balaban J connectivity index is 1.55. The molecular formula is C18H34N2O2. The molecule has 0 amide bonds. The lowest BCUT2D eigenvalue weighted by molar-refractivity contribution is 0.0734. The van der Waals surface area contributed by atoms with Crippen molar-refractivity contribution in [2.75, 3.05) is 53.6 Å². The number of likely N-dealkylation sites (tertiary alicyclic amines) is 2. The summed E-state index contributed by atoms with van der Waals surface area (Å²) in [7, 11) is 3.64. The molecule has 0 aromatic heterocycles. The maximum Gasteiger partial charge on any atom is 0.0618 e. The van der Waals surface area contributed by atoms with E-state index in [1.165, 1.54) is 64.6 Å². The molecule has 0 N–H and O–H groups in total. The summed E-state index contributed by atoms with van der Waals surface area (Å²) in [4.78, 5) is 5.42. The molecule has 0 bridgehead atoms. The molecular weight excluding hydrogens is 276 g/mol. The topological polar surface area (TPSA) is 24.9 Å². The van der Waals surface area contributed by atoms with Crippen LogP contribution in [-0.2, 0) is 9.47 Å². The smallest absolute Gasteiger partial charge is 0.0618 e. The summed E-state index contributed by atoms with van der Waals surface area (Å²) >= 11 is 0. The summed E-state index contributed by atoms with van der Waals surface area (Å²) in [5, 5.41) is 0. The van der Waals surface area contributed by atoms with Crippen LogP contribution in [0.15, 0.2) is 0 Å². The van der Waals surface area contributed by atoms with E-state index in [2.05, 4.69) is 9.80 Å². The van der Waals surface area contributed by atoms with Crippen molar-refractivity contribution < 1.29 is 9.47 Å². The minimum atomic E-state index is 0.548. The van der Waals surface area contributed by atoms with E-state index in [0.717, 1.165) is 25.8 Å². The van der Waals surface area contributed by atoms with Gasteiger partial charge in [0, 0.05) is 39.4 Å². The Hall–Kier alpha value is -0.160. The zero-order valence-electron chi connectivity index (χ0n) is 14.6. The van der Waals surface area contributed by atoms with Crippen LogP contribution in [0.1, 0.15) is 44.9 Å².